The zero-order chi connectivity index (χ0) is 19.8. The molecule has 0 spiro atoms. The van der Waals surface area contributed by atoms with Crippen LogP contribution in [0.3, 0.4) is 0 Å². The molecule has 8 heteroatoms. The van der Waals surface area contributed by atoms with Crippen molar-refractivity contribution in [3.63, 3.8) is 0 Å². The summed E-state index contributed by atoms with van der Waals surface area (Å²) in [6, 6.07) is 5.74. The monoisotopic (exact) mass is 385 g/mol. The average molecular weight is 385 g/mol. The second-order valence-electron chi connectivity index (χ2n) is 8.14. The number of hydrogen-bond acceptors (Lipinski definition) is 4. The summed E-state index contributed by atoms with van der Waals surface area (Å²) in [6.07, 6.45) is 1.27. The Morgan fingerprint density at radius 2 is 2.00 bits per heavy atom. The lowest BCUT2D eigenvalue weighted by Crippen LogP contribution is -2.31. The molecule has 1 aromatic heterocycles. The van der Waals surface area contributed by atoms with E-state index in [0.717, 1.165) is 12.4 Å². The third kappa shape index (κ3) is 3.63. The number of benzene rings is 1. The quantitative estimate of drug-likeness (QED) is 0.876. The van der Waals surface area contributed by atoms with Crippen LogP contribution in [0.2, 0.25) is 0 Å². The Labute approximate surface area is 162 Å². The number of hydrogen-bond donors (Lipinski definition) is 1. The lowest BCUT2D eigenvalue weighted by molar-refractivity contribution is -0.131. The van der Waals surface area contributed by atoms with Gasteiger partial charge in [-0.15, -0.1) is 10.2 Å². The van der Waals surface area contributed by atoms with E-state index in [-0.39, 0.29) is 11.7 Å². The van der Waals surface area contributed by atoms with Crippen molar-refractivity contribution in [3.05, 3.63) is 41.7 Å². The summed E-state index contributed by atoms with van der Waals surface area (Å²) in [7, 11) is 0. The number of nitrogens with one attached hydrogen (secondary N) is 1. The smallest absolute Gasteiger partial charge is 0.293 e. The van der Waals surface area contributed by atoms with E-state index in [4.69, 9.17) is 0 Å². The van der Waals surface area contributed by atoms with Crippen LogP contribution in [0, 0.1) is 23.6 Å². The first-order chi connectivity index (χ1) is 13.4. The largest absolute Gasteiger partial charge is 0.342 e. The van der Waals surface area contributed by atoms with Crippen LogP contribution in [-0.2, 0) is 17.8 Å². The molecule has 0 unspecified atom stereocenters. The normalized spacial score (nSPS) is 20.8. The van der Waals surface area contributed by atoms with Crippen LogP contribution in [0.25, 0.3) is 0 Å². The van der Waals surface area contributed by atoms with Crippen LogP contribution in [0.5, 0.6) is 0 Å². The van der Waals surface area contributed by atoms with Crippen molar-refractivity contribution in [2.45, 2.75) is 33.2 Å². The molecule has 1 saturated heterocycles. The van der Waals surface area contributed by atoms with Gasteiger partial charge in [0.1, 0.15) is 11.6 Å². The molecule has 0 radical (unpaired) electrons. The number of amides is 2. The Morgan fingerprint density at radius 1 is 1.21 bits per heavy atom. The van der Waals surface area contributed by atoms with E-state index >= 15 is 0 Å². The van der Waals surface area contributed by atoms with Gasteiger partial charge in [0.25, 0.3) is 5.91 Å². The summed E-state index contributed by atoms with van der Waals surface area (Å²) >= 11 is 0. The van der Waals surface area contributed by atoms with Gasteiger partial charge in [-0.2, -0.15) is 0 Å². The Bertz CT molecular complexity index is 910. The van der Waals surface area contributed by atoms with Gasteiger partial charge in [-0.25, -0.2) is 4.39 Å². The molecule has 1 N–H and O–H groups in total. The van der Waals surface area contributed by atoms with Crippen molar-refractivity contribution in [3.8, 4) is 0 Å². The minimum absolute atomic E-state index is 0.198. The summed E-state index contributed by atoms with van der Waals surface area (Å²) in [4.78, 5) is 27.0. The van der Waals surface area contributed by atoms with E-state index in [1.54, 1.807) is 6.07 Å². The van der Waals surface area contributed by atoms with Gasteiger partial charge in [0.15, 0.2) is 0 Å². The van der Waals surface area contributed by atoms with E-state index in [0.29, 0.717) is 49.4 Å². The fraction of sp³-hybridized carbons (Fsp3) is 0.500. The van der Waals surface area contributed by atoms with Gasteiger partial charge in [0, 0.05) is 38.2 Å². The van der Waals surface area contributed by atoms with Crippen molar-refractivity contribution in [2.75, 3.05) is 18.4 Å². The van der Waals surface area contributed by atoms with E-state index < -0.39 is 11.7 Å². The number of nitrogens with zero attached hydrogens (tertiary/aromatic N) is 4. The fourth-order valence-corrected chi connectivity index (χ4v) is 4.13. The molecule has 2 atom stereocenters. The highest BCUT2D eigenvalue weighted by Gasteiger charge is 2.40. The molecule has 3 heterocycles. The number of halogens is 1. The number of likely N-dealkylation sites (tertiary alicyclic amines) is 1. The van der Waals surface area contributed by atoms with Gasteiger partial charge in [0.05, 0.1) is 0 Å². The van der Waals surface area contributed by atoms with Gasteiger partial charge in [-0.3, -0.25) is 9.59 Å². The first kappa shape index (κ1) is 18.6. The minimum atomic E-state index is -0.416. The molecule has 1 aromatic carbocycles. The van der Waals surface area contributed by atoms with Crippen molar-refractivity contribution in [2.24, 2.45) is 17.8 Å². The second kappa shape index (κ2) is 7.33. The molecule has 0 bridgehead atoms. The summed E-state index contributed by atoms with van der Waals surface area (Å²) in [6.45, 7) is 6.16. The number of anilines is 1. The van der Waals surface area contributed by atoms with Crippen molar-refractivity contribution in [1.29, 1.82) is 0 Å². The third-order valence-corrected chi connectivity index (χ3v) is 5.49. The number of rotatable bonds is 4. The average Bonchev–Trinajstić information content (AvgIpc) is 3.22. The molecule has 2 amide bonds. The fourth-order valence-electron chi connectivity index (χ4n) is 4.13. The predicted molar refractivity (Wildman–Crippen MR) is 101 cm³/mol. The molecule has 0 saturated carbocycles. The molecule has 2 aliphatic heterocycles. The number of aromatic nitrogens is 3. The predicted octanol–water partition coefficient (Wildman–Crippen LogP) is 2.35. The van der Waals surface area contributed by atoms with Crippen LogP contribution in [-0.4, -0.2) is 44.6 Å². The standard InChI is InChI=1S/C20H24FN5O2/c1-12(2)6-18(27)25-9-13-7-17-23-24-19(26(17)11-14(13)10-25)20(28)22-16-5-3-4-15(21)8-16/h3-5,8,12-14H,6-7,9-11H2,1-2H3,(H,22,28)/t13-,14-/m0/s1. The SMILES string of the molecule is CC(C)CC(=O)N1C[C@@H]2Cc3nnc(C(=O)Nc4cccc(F)c4)n3C[C@@H]2C1. The van der Waals surface area contributed by atoms with Gasteiger partial charge in [-0.1, -0.05) is 19.9 Å². The highest BCUT2D eigenvalue weighted by molar-refractivity contribution is 6.01. The van der Waals surface area contributed by atoms with Gasteiger partial charge in [-0.05, 0) is 36.0 Å². The Balaban J connectivity index is 1.47. The minimum Gasteiger partial charge on any atom is -0.342 e. The summed E-state index contributed by atoms with van der Waals surface area (Å²) < 4.78 is 15.2. The van der Waals surface area contributed by atoms with Gasteiger partial charge < -0.3 is 14.8 Å². The summed E-state index contributed by atoms with van der Waals surface area (Å²) in [5.41, 5.74) is 0.377. The maximum absolute atomic E-state index is 13.3. The molecule has 2 aromatic rings. The molecule has 28 heavy (non-hydrogen) atoms. The van der Waals surface area contributed by atoms with Crippen LogP contribution < -0.4 is 5.32 Å². The molecule has 2 aliphatic rings. The lowest BCUT2D eigenvalue weighted by atomic mass is 9.89. The molecule has 0 aliphatic carbocycles. The van der Waals surface area contributed by atoms with Gasteiger partial charge in [0.2, 0.25) is 11.7 Å². The topological polar surface area (TPSA) is 80.1 Å². The number of carbonyl (C=O) groups excluding carboxylic acids is 2. The van der Waals surface area contributed by atoms with Crippen molar-refractivity contribution >= 4 is 17.5 Å². The third-order valence-electron chi connectivity index (χ3n) is 5.49. The Hall–Kier alpha value is -2.77. The van der Waals surface area contributed by atoms with Crippen LogP contribution >= 0.6 is 0 Å². The summed E-state index contributed by atoms with van der Waals surface area (Å²) in [5.74, 6) is 1.35. The highest BCUT2D eigenvalue weighted by atomic mass is 19.1. The van der Waals surface area contributed by atoms with E-state index in [1.807, 2.05) is 23.3 Å². The van der Waals surface area contributed by atoms with Gasteiger partial charge >= 0.3 is 0 Å². The van der Waals surface area contributed by atoms with Crippen molar-refractivity contribution < 1.29 is 14.0 Å². The summed E-state index contributed by atoms with van der Waals surface area (Å²) in [5, 5.41) is 10.9. The van der Waals surface area contributed by atoms with Crippen LogP contribution in [0.1, 0.15) is 36.7 Å². The van der Waals surface area contributed by atoms with Crippen LogP contribution in [0.15, 0.2) is 24.3 Å². The lowest BCUT2D eigenvalue weighted by Gasteiger charge is -2.25. The Kier molecular flexibility index (Phi) is 4.87. The molecule has 148 valence electrons. The van der Waals surface area contributed by atoms with E-state index in [9.17, 15) is 14.0 Å². The number of fused-ring (bicyclic) bond motifs is 2. The van der Waals surface area contributed by atoms with E-state index in [2.05, 4.69) is 15.5 Å². The van der Waals surface area contributed by atoms with Crippen LogP contribution in [0.4, 0.5) is 10.1 Å². The number of carbonyl (C=O) groups is 2. The molecular formula is C20H24FN5O2. The first-order valence-electron chi connectivity index (χ1n) is 9.67. The van der Waals surface area contributed by atoms with E-state index in [1.165, 1.54) is 18.2 Å². The zero-order valence-electron chi connectivity index (χ0n) is 16.1. The molecule has 1 fully saturated rings. The van der Waals surface area contributed by atoms with Crippen molar-refractivity contribution in [1.82, 2.24) is 19.7 Å². The second-order valence-corrected chi connectivity index (χ2v) is 8.14. The molecule has 4 rings (SSSR count). The highest BCUT2D eigenvalue weighted by Crippen LogP contribution is 2.33. The maximum atomic E-state index is 13.3. The molecule has 7 nitrogen and oxygen atoms in total. The Morgan fingerprint density at radius 3 is 2.75 bits per heavy atom. The zero-order valence-corrected chi connectivity index (χ0v) is 16.1. The maximum Gasteiger partial charge on any atom is 0.293 e. The molecular weight excluding hydrogens is 361 g/mol. The first-order valence-corrected chi connectivity index (χ1v) is 9.67.